The monoisotopic (exact) mass is 368 g/mol. The molecule has 0 radical (unpaired) electrons. The molecular weight excluding hydrogens is 340 g/mol. The Hall–Kier alpha value is -2.37. The number of hydrogen-bond acceptors (Lipinski definition) is 5. The van der Waals surface area contributed by atoms with E-state index in [-0.39, 0.29) is 5.97 Å². The van der Waals surface area contributed by atoms with E-state index in [0.29, 0.717) is 24.3 Å². The number of fused-ring (bicyclic) bond motifs is 3. The van der Waals surface area contributed by atoms with Gasteiger partial charge in [0.15, 0.2) is 0 Å². The van der Waals surface area contributed by atoms with Gasteiger partial charge in [0.25, 0.3) is 0 Å². The summed E-state index contributed by atoms with van der Waals surface area (Å²) in [7, 11) is 1.93. The zero-order valence-electron chi connectivity index (χ0n) is 16.3. The Morgan fingerprint density at radius 2 is 2.00 bits per heavy atom. The van der Waals surface area contributed by atoms with Crippen LogP contribution in [0.3, 0.4) is 0 Å². The number of carbonyl (C=O) groups is 1. The first-order chi connectivity index (χ1) is 13.2. The Labute approximate surface area is 160 Å². The third-order valence-corrected chi connectivity index (χ3v) is 5.72. The maximum atomic E-state index is 12.3. The summed E-state index contributed by atoms with van der Waals surface area (Å²) in [6, 6.07) is 2.43. The minimum atomic E-state index is -0.274. The van der Waals surface area contributed by atoms with Crippen molar-refractivity contribution in [3.05, 3.63) is 29.1 Å². The highest BCUT2D eigenvalue weighted by atomic mass is 16.5. The molecule has 4 rings (SSSR count). The Morgan fingerprint density at radius 1 is 1.22 bits per heavy atom. The summed E-state index contributed by atoms with van der Waals surface area (Å²) >= 11 is 0. The van der Waals surface area contributed by atoms with Crippen molar-refractivity contribution in [2.45, 2.75) is 64.3 Å². The standard InChI is InChI=1S/C21H28N4O2/c1-3-27-20(26)17-12-14-8-7-9-15-13-22-21(23-16-10-5-4-6-11-16)24-18(15)19(14)25(17)2/h12-13,16H,3-11H2,1-2H3,(H,22,23,24). The maximum Gasteiger partial charge on any atom is 0.354 e. The molecule has 0 atom stereocenters. The van der Waals surface area contributed by atoms with Crippen molar-refractivity contribution in [2.75, 3.05) is 11.9 Å². The van der Waals surface area contributed by atoms with Crippen molar-refractivity contribution in [3.63, 3.8) is 0 Å². The van der Waals surface area contributed by atoms with Crippen molar-refractivity contribution in [1.29, 1.82) is 0 Å². The fourth-order valence-corrected chi connectivity index (χ4v) is 4.33. The molecule has 0 amide bonds. The van der Waals surface area contributed by atoms with Gasteiger partial charge in [0.05, 0.1) is 18.0 Å². The van der Waals surface area contributed by atoms with E-state index in [1.807, 2.05) is 30.8 Å². The summed E-state index contributed by atoms with van der Waals surface area (Å²) in [5.74, 6) is 0.427. The van der Waals surface area contributed by atoms with E-state index in [4.69, 9.17) is 9.72 Å². The molecule has 0 bridgehead atoms. The number of ether oxygens (including phenoxy) is 1. The van der Waals surface area contributed by atoms with Gasteiger partial charge >= 0.3 is 5.97 Å². The van der Waals surface area contributed by atoms with Gasteiger partial charge in [0.1, 0.15) is 5.69 Å². The molecule has 2 aromatic rings. The molecule has 2 heterocycles. The Kier molecular flexibility index (Phi) is 5.14. The zero-order valence-corrected chi connectivity index (χ0v) is 16.3. The Balaban J connectivity index is 1.70. The molecule has 0 aliphatic heterocycles. The lowest BCUT2D eigenvalue weighted by molar-refractivity contribution is 0.0515. The second-order valence-electron chi connectivity index (χ2n) is 7.58. The fourth-order valence-electron chi connectivity index (χ4n) is 4.33. The molecule has 6 nitrogen and oxygen atoms in total. The van der Waals surface area contributed by atoms with E-state index in [0.717, 1.165) is 36.2 Å². The van der Waals surface area contributed by atoms with Crippen LogP contribution in [0.4, 0.5) is 5.95 Å². The second-order valence-corrected chi connectivity index (χ2v) is 7.58. The Bertz CT molecular complexity index is 837. The average molecular weight is 368 g/mol. The molecule has 0 unspecified atom stereocenters. The minimum Gasteiger partial charge on any atom is -0.461 e. The predicted octanol–water partition coefficient (Wildman–Crippen LogP) is 3.89. The van der Waals surface area contributed by atoms with E-state index in [1.165, 1.54) is 37.7 Å². The first-order valence-electron chi connectivity index (χ1n) is 10.2. The quantitative estimate of drug-likeness (QED) is 0.829. The molecule has 2 aliphatic rings. The molecule has 0 aromatic carbocycles. The molecule has 6 heteroatoms. The summed E-state index contributed by atoms with van der Waals surface area (Å²) < 4.78 is 7.16. The van der Waals surface area contributed by atoms with Crippen molar-refractivity contribution in [2.24, 2.45) is 7.05 Å². The summed E-state index contributed by atoms with van der Waals surface area (Å²) in [4.78, 5) is 21.8. The lowest BCUT2D eigenvalue weighted by Crippen LogP contribution is -2.23. The van der Waals surface area contributed by atoms with Gasteiger partial charge in [-0.2, -0.15) is 0 Å². The van der Waals surface area contributed by atoms with Gasteiger partial charge in [-0.25, -0.2) is 14.8 Å². The molecule has 27 heavy (non-hydrogen) atoms. The van der Waals surface area contributed by atoms with Crippen LogP contribution in [0, 0.1) is 0 Å². The van der Waals surface area contributed by atoms with Crippen LogP contribution in [0.5, 0.6) is 0 Å². The minimum absolute atomic E-state index is 0.274. The van der Waals surface area contributed by atoms with Crippen LogP contribution in [0.1, 0.15) is 67.1 Å². The van der Waals surface area contributed by atoms with Crippen LogP contribution in [-0.2, 0) is 24.6 Å². The average Bonchev–Trinajstić information content (AvgIpc) is 2.89. The largest absolute Gasteiger partial charge is 0.461 e. The smallest absolute Gasteiger partial charge is 0.354 e. The molecule has 0 saturated heterocycles. The maximum absolute atomic E-state index is 12.3. The number of anilines is 1. The number of aryl methyl sites for hydroxylation is 2. The van der Waals surface area contributed by atoms with Gasteiger partial charge in [-0.15, -0.1) is 0 Å². The van der Waals surface area contributed by atoms with Crippen molar-refractivity contribution >= 4 is 11.9 Å². The van der Waals surface area contributed by atoms with Crippen LogP contribution >= 0.6 is 0 Å². The normalized spacial score (nSPS) is 17.0. The van der Waals surface area contributed by atoms with Crippen molar-refractivity contribution in [1.82, 2.24) is 14.5 Å². The Morgan fingerprint density at radius 3 is 2.78 bits per heavy atom. The van der Waals surface area contributed by atoms with Crippen LogP contribution in [0.2, 0.25) is 0 Å². The molecule has 2 aromatic heterocycles. The summed E-state index contributed by atoms with van der Waals surface area (Å²) in [6.07, 6.45) is 11.1. The van der Waals surface area contributed by atoms with Crippen LogP contribution in [0.15, 0.2) is 12.3 Å². The van der Waals surface area contributed by atoms with E-state index >= 15 is 0 Å². The summed E-state index contributed by atoms with van der Waals surface area (Å²) in [5, 5.41) is 3.53. The number of esters is 1. The van der Waals surface area contributed by atoms with E-state index in [9.17, 15) is 4.79 Å². The van der Waals surface area contributed by atoms with Gasteiger partial charge in [0.2, 0.25) is 5.95 Å². The number of hydrogen-bond donors (Lipinski definition) is 1. The van der Waals surface area contributed by atoms with Crippen LogP contribution < -0.4 is 5.32 Å². The van der Waals surface area contributed by atoms with Gasteiger partial charge in [-0.1, -0.05) is 19.3 Å². The molecule has 144 valence electrons. The van der Waals surface area contributed by atoms with Gasteiger partial charge in [-0.3, -0.25) is 0 Å². The molecule has 2 aliphatic carbocycles. The van der Waals surface area contributed by atoms with Crippen molar-refractivity contribution in [3.8, 4) is 11.4 Å². The van der Waals surface area contributed by atoms with Crippen LogP contribution in [0.25, 0.3) is 11.4 Å². The lowest BCUT2D eigenvalue weighted by Gasteiger charge is -2.23. The second kappa shape index (κ2) is 7.71. The van der Waals surface area contributed by atoms with E-state index < -0.39 is 0 Å². The molecule has 0 spiro atoms. The van der Waals surface area contributed by atoms with E-state index in [1.54, 1.807) is 0 Å². The number of nitrogens with one attached hydrogen (secondary N) is 1. The van der Waals surface area contributed by atoms with Gasteiger partial charge in [0, 0.05) is 19.3 Å². The zero-order chi connectivity index (χ0) is 18.8. The highest BCUT2D eigenvalue weighted by molar-refractivity contribution is 5.90. The SMILES string of the molecule is CCOC(=O)c1cc2c(n1C)-c1nc(NC3CCCCC3)ncc1CCC2. The lowest BCUT2D eigenvalue weighted by atomic mass is 9.96. The van der Waals surface area contributed by atoms with Crippen molar-refractivity contribution < 1.29 is 9.53 Å². The number of rotatable bonds is 4. The van der Waals surface area contributed by atoms with Crippen LogP contribution in [-0.4, -0.2) is 33.2 Å². The fraction of sp³-hybridized carbons (Fsp3) is 0.571. The number of nitrogens with zero attached hydrogens (tertiary/aromatic N) is 3. The summed E-state index contributed by atoms with van der Waals surface area (Å²) in [6.45, 7) is 2.21. The van der Waals surface area contributed by atoms with E-state index in [2.05, 4.69) is 10.3 Å². The topological polar surface area (TPSA) is 69.0 Å². The predicted molar refractivity (Wildman–Crippen MR) is 105 cm³/mol. The number of carbonyl (C=O) groups excluding carboxylic acids is 1. The molecule has 1 saturated carbocycles. The third-order valence-electron chi connectivity index (χ3n) is 5.72. The number of aromatic nitrogens is 3. The summed E-state index contributed by atoms with van der Waals surface area (Å²) in [5.41, 5.74) is 4.89. The first-order valence-corrected chi connectivity index (χ1v) is 10.2. The first kappa shape index (κ1) is 18.0. The van der Waals surface area contributed by atoms with Gasteiger partial charge < -0.3 is 14.6 Å². The molecular formula is C21H28N4O2. The highest BCUT2D eigenvalue weighted by Gasteiger charge is 2.25. The third kappa shape index (κ3) is 3.57. The molecule has 1 N–H and O–H groups in total. The highest BCUT2D eigenvalue weighted by Crippen LogP contribution is 2.34. The molecule has 1 fully saturated rings. The van der Waals surface area contributed by atoms with Gasteiger partial charge in [-0.05, 0) is 56.2 Å².